The zero-order chi connectivity index (χ0) is 17.4. The number of allylic oxidation sites excluding steroid dienone is 3. The van der Waals surface area contributed by atoms with Crippen LogP contribution in [0.3, 0.4) is 0 Å². The predicted octanol–water partition coefficient (Wildman–Crippen LogP) is 4.96. The van der Waals surface area contributed by atoms with E-state index in [9.17, 15) is 26.3 Å². The van der Waals surface area contributed by atoms with Gasteiger partial charge in [0.15, 0.2) is 0 Å². The molecular weight excluding hydrogens is 346 g/mol. The topological polar surface area (TPSA) is 16.1 Å². The van der Waals surface area contributed by atoms with Gasteiger partial charge in [-0.2, -0.15) is 26.3 Å². The van der Waals surface area contributed by atoms with Gasteiger partial charge < -0.3 is 4.90 Å². The number of aromatic nitrogens is 1. The molecule has 2 nitrogen and oxygen atoms in total. The number of nitrogens with zero attached hydrogens (tertiary/aromatic N) is 2. The van der Waals surface area contributed by atoms with Crippen LogP contribution in [0.5, 0.6) is 0 Å². The Morgan fingerprint density at radius 1 is 1.22 bits per heavy atom. The smallest absolute Gasteiger partial charge is 0.354 e. The van der Waals surface area contributed by atoms with Gasteiger partial charge in [-0.05, 0) is 19.1 Å². The molecule has 9 heteroatoms. The number of alkyl halides is 6. The number of hydrogen-bond donors (Lipinski definition) is 0. The fourth-order valence-corrected chi connectivity index (χ4v) is 2.35. The van der Waals surface area contributed by atoms with Gasteiger partial charge in [-0.3, -0.25) is 4.98 Å². The largest absolute Gasteiger partial charge is 0.417 e. The van der Waals surface area contributed by atoms with Crippen LogP contribution >= 0.6 is 11.6 Å². The molecule has 23 heavy (non-hydrogen) atoms. The van der Waals surface area contributed by atoms with E-state index in [0.717, 1.165) is 11.0 Å². The minimum absolute atomic E-state index is 0.0584. The molecule has 0 saturated heterocycles. The second kappa shape index (κ2) is 6.07. The van der Waals surface area contributed by atoms with Crippen molar-refractivity contribution in [1.82, 2.24) is 9.88 Å². The van der Waals surface area contributed by atoms with Crippen LogP contribution in [-0.2, 0) is 12.7 Å². The third-order valence-electron chi connectivity index (χ3n) is 3.32. The standard InChI is InChI=1S/C14H11ClF6N2/c1-8-3-2-4-12(14(19,20)21)23(8)7-11-10(15)5-9(6-22-11)13(16,17)18/h2-6,12H,7H2,1H3. The van der Waals surface area contributed by atoms with E-state index in [0.29, 0.717) is 18.0 Å². The van der Waals surface area contributed by atoms with E-state index in [1.165, 1.54) is 19.1 Å². The molecule has 1 aromatic heterocycles. The average Bonchev–Trinajstić information content (AvgIpc) is 2.40. The fraction of sp³-hybridized carbons (Fsp3) is 0.357. The third kappa shape index (κ3) is 3.99. The summed E-state index contributed by atoms with van der Waals surface area (Å²) in [6.07, 6.45) is -4.86. The Hall–Kier alpha value is -1.70. The summed E-state index contributed by atoms with van der Waals surface area (Å²) in [4.78, 5) is 4.57. The molecule has 1 aromatic rings. The molecule has 126 valence electrons. The van der Waals surface area contributed by atoms with Crippen LogP contribution in [0.15, 0.2) is 36.2 Å². The van der Waals surface area contributed by atoms with Crippen molar-refractivity contribution in [1.29, 1.82) is 0 Å². The Labute approximate surface area is 133 Å². The SMILES string of the molecule is CC1=CC=CC(C(F)(F)F)N1Cc1ncc(C(F)(F)F)cc1Cl. The minimum Gasteiger partial charge on any atom is -0.354 e. The van der Waals surface area contributed by atoms with Crippen molar-refractivity contribution in [2.45, 2.75) is 31.9 Å². The van der Waals surface area contributed by atoms with Gasteiger partial charge in [-0.25, -0.2) is 0 Å². The molecule has 0 saturated carbocycles. The number of pyridine rings is 1. The van der Waals surface area contributed by atoms with E-state index in [1.54, 1.807) is 0 Å². The molecule has 1 unspecified atom stereocenters. The lowest BCUT2D eigenvalue weighted by Gasteiger charge is -2.35. The highest BCUT2D eigenvalue weighted by Gasteiger charge is 2.43. The van der Waals surface area contributed by atoms with Crippen molar-refractivity contribution in [3.8, 4) is 0 Å². The maximum atomic E-state index is 13.1. The van der Waals surface area contributed by atoms with Crippen LogP contribution in [0.1, 0.15) is 18.2 Å². The molecule has 0 amide bonds. The highest BCUT2D eigenvalue weighted by atomic mass is 35.5. The summed E-state index contributed by atoms with van der Waals surface area (Å²) in [6.45, 7) is 1.12. The maximum Gasteiger partial charge on any atom is 0.417 e. The molecule has 1 aliphatic heterocycles. The fourth-order valence-electron chi connectivity index (χ4n) is 2.13. The lowest BCUT2D eigenvalue weighted by atomic mass is 10.1. The first-order valence-electron chi connectivity index (χ1n) is 6.40. The van der Waals surface area contributed by atoms with E-state index in [-0.39, 0.29) is 17.3 Å². The first kappa shape index (κ1) is 17.7. The Bertz CT molecular complexity index is 648. The second-order valence-electron chi connectivity index (χ2n) is 4.96. The van der Waals surface area contributed by atoms with Gasteiger partial charge in [0.05, 0.1) is 22.8 Å². The van der Waals surface area contributed by atoms with E-state index in [2.05, 4.69) is 4.98 Å². The monoisotopic (exact) mass is 356 g/mol. The Morgan fingerprint density at radius 2 is 1.87 bits per heavy atom. The summed E-state index contributed by atoms with van der Waals surface area (Å²) in [7, 11) is 0. The Morgan fingerprint density at radius 3 is 2.39 bits per heavy atom. The van der Waals surface area contributed by atoms with Gasteiger partial charge in [0, 0.05) is 11.9 Å². The third-order valence-corrected chi connectivity index (χ3v) is 3.65. The summed E-state index contributed by atoms with van der Waals surface area (Å²) in [5.41, 5.74) is -0.797. The second-order valence-corrected chi connectivity index (χ2v) is 5.36. The summed E-state index contributed by atoms with van der Waals surface area (Å²) >= 11 is 5.76. The van der Waals surface area contributed by atoms with Crippen molar-refractivity contribution < 1.29 is 26.3 Å². The van der Waals surface area contributed by atoms with Gasteiger partial charge in [0.2, 0.25) is 0 Å². The van der Waals surface area contributed by atoms with E-state index < -0.39 is 24.0 Å². The van der Waals surface area contributed by atoms with Crippen molar-refractivity contribution in [2.24, 2.45) is 0 Å². The minimum atomic E-state index is -4.62. The summed E-state index contributed by atoms with van der Waals surface area (Å²) < 4.78 is 76.9. The molecule has 0 fully saturated rings. The number of rotatable bonds is 2. The molecule has 0 bridgehead atoms. The van der Waals surface area contributed by atoms with E-state index in [1.807, 2.05) is 0 Å². The normalized spacial score (nSPS) is 19.0. The Kier molecular flexibility index (Phi) is 4.66. The van der Waals surface area contributed by atoms with Crippen molar-refractivity contribution in [3.63, 3.8) is 0 Å². The molecule has 0 aromatic carbocycles. The van der Waals surface area contributed by atoms with Crippen LogP contribution in [-0.4, -0.2) is 22.1 Å². The summed E-state index contributed by atoms with van der Waals surface area (Å²) in [5, 5.41) is -0.330. The van der Waals surface area contributed by atoms with Crippen LogP contribution in [0.25, 0.3) is 0 Å². The molecule has 0 spiro atoms. The summed E-state index contributed by atoms with van der Waals surface area (Å²) in [5.74, 6) is 0. The molecule has 2 heterocycles. The van der Waals surface area contributed by atoms with Gasteiger partial charge in [-0.15, -0.1) is 0 Å². The Balaban J connectivity index is 2.30. The van der Waals surface area contributed by atoms with Gasteiger partial charge in [-0.1, -0.05) is 23.8 Å². The molecular formula is C14H11ClF6N2. The van der Waals surface area contributed by atoms with Crippen LogP contribution in [0.4, 0.5) is 26.3 Å². The quantitative estimate of drug-likeness (QED) is 0.696. The van der Waals surface area contributed by atoms with Gasteiger partial charge in [0.1, 0.15) is 6.04 Å². The van der Waals surface area contributed by atoms with Crippen molar-refractivity contribution >= 4 is 11.6 Å². The average molecular weight is 357 g/mol. The molecule has 0 radical (unpaired) electrons. The summed E-state index contributed by atoms with van der Waals surface area (Å²) in [6, 6.07) is -1.22. The van der Waals surface area contributed by atoms with Crippen LogP contribution < -0.4 is 0 Å². The zero-order valence-electron chi connectivity index (χ0n) is 11.7. The first-order chi connectivity index (χ1) is 10.5. The lowest BCUT2D eigenvalue weighted by Crippen LogP contribution is -2.44. The molecule has 1 atom stereocenters. The highest BCUT2D eigenvalue weighted by molar-refractivity contribution is 6.31. The van der Waals surface area contributed by atoms with Crippen molar-refractivity contribution in [2.75, 3.05) is 0 Å². The van der Waals surface area contributed by atoms with E-state index in [4.69, 9.17) is 11.6 Å². The molecule has 1 aliphatic rings. The first-order valence-corrected chi connectivity index (χ1v) is 6.78. The van der Waals surface area contributed by atoms with E-state index >= 15 is 0 Å². The van der Waals surface area contributed by atoms with Crippen molar-refractivity contribution in [3.05, 3.63) is 52.5 Å². The number of hydrogen-bond acceptors (Lipinski definition) is 2. The number of halogens is 7. The molecule has 0 N–H and O–H groups in total. The predicted molar refractivity (Wildman–Crippen MR) is 72.5 cm³/mol. The lowest BCUT2D eigenvalue weighted by molar-refractivity contribution is -0.167. The zero-order valence-corrected chi connectivity index (χ0v) is 12.5. The van der Waals surface area contributed by atoms with Crippen LogP contribution in [0.2, 0.25) is 5.02 Å². The van der Waals surface area contributed by atoms with Gasteiger partial charge in [0.25, 0.3) is 0 Å². The molecule has 2 rings (SSSR count). The molecule has 0 aliphatic carbocycles. The highest BCUT2D eigenvalue weighted by Crippen LogP contribution is 2.34. The maximum absolute atomic E-state index is 13.1. The van der Waals surface area contributed by atoms with Crippen LogP contribution in [0, 0.1) is 0 Å². The van der Waals surface area contributed by atoms with Gasteiger partial charge >= 0.3 is 12.4 Å².